The van der Waals surface area contributed by atoms with Crippen molar-refractivity contribution in [3.8, 4) is 5.75 Å². The normalized spacial score (nSPS) is 11.0. The number of anilines is 2. The van der Waals surface area contributed by atoms with E-state index in [1.165, 1.54) is 17.7 Å². The third-order valence-corrected chi connectivity index (χ3v) is 5.60. The summed E-state index contributed by atoms with van der Waals surface area (Å²) in [5, 5.41) is 14.6. The van der Waals surface area contributed by atoms with E-state index in [-0.39, 0.29) is 22.4 Å². The number of benzene rings is 3. The van der Waals surface area contributed by atoms with Gasteiger partial charge in [0.05, 0.1) is 23.4 Å². The number of carboxylic acid groups (broad SMARTS) is 1. The third-order valence-electron chi connectivity index (χ3n) is 5.60. The SMILES string of the molecule is CC(C)(C)c1ccc(OCCCCC(=O)Nc2ccccc2C(=O)Nc2cccc(C(=O)O)c2)cc1. The van der Waals surface area contributed by atoms with E-state index in [1.807, 2.05) is 12.1 Å². The quantitative estimate of drug-likeness (QED) is 0.298. The molecule has 3 rings (SSSR count). The van der Waals surface area contributed by atoms with E-state index in [2.05, 4.69) is 43.5 Å². The maximum Gasteiger partial charge on any atom is 0.335 e. The van der Waals surface area contributed by atoms with Gasteiger partial charge < -0.3 is 20.5 Å². The molecular formula is C29H32N2O5. The highest BCUT2D eigenvalue weighted by Crippen LogP contribution is 2.24. The van der Waals surface area contributed by atoms with Crippen molar-refractivity contribution in [1.82, 2.24) is 0 Å². The lowest BCUT2D eigenvalue weighted by Gasteiger charge is -2.19. The van der Waals surface area contributed by atoms with E-state index in [0.29, 0.717) is 30.8 Å². The Morgan fingerprint density at radius 1 is 0.861 bits per heavy atom. The van der Waals surface area contributed by atoms with Crippen molar-refractivity contribution in [2.45, 2.75) is 45.4 Å². The average molecular weight is 489 g/mol. The number of amides is 2. The topological polar surface area (TPSA) is 105 Å². The van der Waals surface area contributed by atoms with Crippen molar-refractivity contribution in [3.05, 3.63) is 89.5 Å². The third kappa shape index (κ3) is 7.70. The van der Waals surface area contributed by atoms with Crippen LogP contribution in [0.1, 0.15) is 66.3 Å². The molecule has 0 heterocycles. The van der Waals surface area contributed by atoms with Crippen LogP contribution in [0.2, 0.25) is 0 Å². The number of carboxylic acids is 1. The molecule has 36 heavy (non-hydrogen) atoms. The molecule has 0 aromatic heterocycles. The minimum Gasteiger partial charge on any atom is -0.494 e. The van der Waals surface area contributed by atoms with Crippen LogP contribution >= 0.6 is 0 Å². The molecule has 2 amide bonds. The van der Waals surface area contributed by atoms with Gasteiger partial charge in [0, 0.05) is 12.1 Å². The van der Waals surface area contributed by atoms with E-state index in [0.717, 1.165) is 12.2 Å². The Morgan fingerprint density at radius 2 is 1.58 bits per heavy atom. The molecule has 7 nitrogen and oxygen atoms in total. The summed E-state index contributed by atoms with van der Waals surface area (Å²) < 4.78 is 5.78. The molecular weight excluding hydrogens is 456 g/mol. The van der Waals surface area contributed by atoms with Gasteiger partial charge in [-0.05, 0) is 66.3 Å². The highest BCUT2D eigenvalue weighted by molar-refractivity contribution is 6.10. The van der Waals surface area contributed by atoms with Crippen molar-refractivity contribution >= 4 is 29.2 Å². The van der Waals surface area contributed by atoms with Crippen LogP contribution in [0.25, 0.3) is 0 Å². The van der Waals surface area contributed by atoms with Crippen LogP contribution in [0, 0.1) is 0 Å². The number of rotatable bonds is 10. The minimum absolute atomic E-state index is 0.0697. The lowest BCUT2D eigenvalue weighted by Crippen LogP contribution is -2.18. The minimum atomic E-state index is -1.08. The molecule has 0 fully saturated rings. The van der Waals surface area contributed by atoms with Gasteiger partial charge in [-0.15, -0.1) is 0 Å². The Labute approximate surface area is 211 Å². The van der Waals surface area contributed by atoms with Crippen LogP contribution in [0.4, 0.5) is 11.4 Å². The number of hydrogen-bond acceptors (Lipinski definition) is 4. The number of hydrogen-bond donors (Lipinski definition) is 3. The Balaban J connectivity index is 1.47. The molecule has 0 aliphatic carbocycles. The number of aromatic carboxylic acids is 1. The summed E-state index contributed by atoms with van der Waals surface area (Å²) >= 11 is 0. The Bertz CT molecular complexity index is 1210. The Hall–Kier alpha value is -4.13. The molecule has 3 aromatic rings. The van der Waals surface area contributed by atoms with Crippen molar-refractivity contribution < 1.29 is 24.2 Å². The van der Waals surface area contributed by atoms with Crippen LogP contribution in [-0.2, 0) is 10.2 Å². The molecule has 0 bridgehead atoms. The lowest BCUT2D eigenvalue weighted by atomic mass is 9.87. The standard InChI is InChI=1S/C29H32N2O5/c1-29(2,3)21-14-16-23(17-15-21)36-18-7-6-13-26(32)31-25-12-5-4-11-24(25)27(33)30-22-10-8-9-20(19-22)28(34)35/h4-5,8-12,14-17,19H,6-7,13,18H2,1-3H3,(H,30,33)(H,31,32)(H,34,35). The first kappa shape index (κ1) is 26.5. The summed E-state index contributed by atoms with van der Waals surface area (Å²) in [4.78, 5) is 36.4. The second kappa shape index (κ2) is 12.0. The van der Waals surface area contributed by atoms with Crippen LogP contribution < -0.4 is 15.4 Å². The molecule has 0 atom stereocenters. The second-order valence-corrected chi connectivity index (χ2v) is 9.51. The van der Waals surface area contributed by atoms with Gasteiger partial charge in [0.25, 0.3) is 5.91 Å². The number of unbranched alkanes of at least 4 members (excludes halogenated alkanes) is 1. The Kier molecular flexibility index (Phi) is 8.84. The summed E-state index contributed by atoms with van der Waals surface area (Å²) in [7, 11) is 0. The molecule has 0 aliphatic heterocycles. The largest absolute Gasteiger partial charge is 0.494 e. The van der Waals surface area contributed by atoms with Crippen LogP contribution in [0.3, 0.4) is 0 Å². The van der Waals surface area contributed by atoms with Gasteiger partial charge in [0.2, 0.25) is 5.91 Å². The van der Waals surface area contributed by atoms with E-state index in [4.69, 9.17) is 9.84 Å². The van der Waals surface area contributed by atoms with Gasteiger partial charge >= 0.3 is 5.97 Å². The molecule has 7 heteroatoms. The first-order chi connectivity index (χ1) is 17.1. The van der Waals surface area contributed by atoms with Gasteiger partial charge in [0.15, 0.2) is 0 Å². The molecule has 3 aromatic carbocycles. The predicted molar refractivity (Wildman–Crippen MR) is 141 cm³/mol. The summed E-state index contributed by atoms with van der Waals surface area (Å²) in [6.07, 6.45) is 1.65. The van der Waals surface area contributed by atoms with Crippen molar-refractivity contribution in [3.63, 3.8) is 0 Å². The van der Waals surface area contributed by atoms with Gasteiger partial charge in [0.1, 0.15) is 5.75 Å². The number of carbonyl (C=O) groups excluding carboxylic acids is 2. The summed E-state index contributed by atoms with van der Waals surface area (Å²) in [5.74, 6) is -0.916. The van der Waals surface area contributed by atoms with Crippen molar-refractivity contribution in [1.29, 1.82) is 0 Å². The predicted octanol–water partition coefficient (Wildman–Crippen LogP) is 6.12. The number of para-hydroxylation sites is 1. The van der Waals surface area contributed by atoms with E-state index < -0.39 is 11.9 Å². The first-order valence-electron chi connectivity index (χ1n) is 11.9. The van der Waals surface area contributed by atoms with E-state index in [9.17, 15) is 14.4 Å². The number of carbonyl (C=O) groups is 3. The van der Waals surface area contributed by atoms with Crippen LogP contribution in [-0.4, -0.2) is 29.5 Å². The second-order valence-electron chi connectivity index (χ2n) is 9.51. The molecule has 0 aliphatic rings. The fraction of sp³-hybridized carbons (Fsp3) is 0.276. The fourth-order valence-corrected chi connectivity index (χ4v) is 3.56. The van der Waals surface area contributed by atoms with Crippen LogP contribution in [0.15, 0.2) is 72.8 Å². The zero-order valence-electron chi connectivity index (χ0n) is 20.8. The molecule has 3 N–H and O–H groups in total. The van der Waals surface area contributed by atoms with Crippen molar-refractivity contribution in [2.75, 3.05) is 17.2 Å². The monoisotopic (exact) mass is 488 g/mol. The van der Waals surface area contributed by atoms with Gasteiger partial charge in [-0.25, -0.2) is 4.79 Å². The summed E-state index contributed by atoms with van der Waals surface area (Å²) in [6.45, 7) is 7.01. The zero-order chi connectivity index (χ0) is 26.1. The number of nitrogens with one attached hydrogen (secondary N) is 2. The molecule has 0 unspecified atom stereocenters. The van der Waals surface area contributed by atoms with Crippen LogP contribution in [0.5, 0.6) is 5.75 Å². The maximum absolute atomic E-state index is 12.8. The highest BCUT2D eigenvalue weighted by Gasteiger charge is 2.15. The first-order valence-corrected chi connectivity index (χ1v) is 11.9. The van der Waals surface area contributed by atoms with E-state index >= 15 is 0 Å². The van der Waals surface area contributed by atoms with Gasteiger partial charge in [-0.3, -0.25) is 9.59 Å². The fourth-order valence-electron chi connectivity index (χ4n) is 3.56. The smallest absolute Gasteiger partial charge is 0.335 e. The summed E-state index contributed by atoms with van der Waals surface area (Å²) in [5.41, 5.74) is 2.44. The average Bonchev–Trinajstić information content (AvgIpc) is 2.84. The lowest BCUT2D eigenvalue weighted by molar-refractivity contribution is -0.116. The highest BCUT2D eigenvalue weighted by atomic mass is 16.5. The van der Waals surface area contributed by atoms with Gasteiger partial charge in [-0.1, -0.05) is 51.1 Å². The summed E-state index contributed by atoms with van der Waals surface area (Å²) in [6, 6.07) is 20.7. The molecule has 0 saturated carbocycles. The number of ether oxygens (including phenoxy) is 1. The molecule has 0 saturated heterocycles. The maximum atomic E-state index is 12.8. The Morgan fingerprint density at radius 3 is 2.28 bits per heavy atom. The van der Waals surface area contributed by atoms with Crippen molar-refractivity contribution in [2.24, 2.45) is 0 Å². The molecule has 0 radical (unpaired) electrons. The molecule has 188 valence electrons. The molecule has 0 spiro atoms. The van der Waals surface area contributed by atoms with Gasteiger partial charge in [-0.2, -0.15) is 0 Å². The van der Waals surface area contributed by atoms with E-state index in [1.54, 1.807) is 36.4 Å². The zero-order valence-corrected chi connectivity index (χ0v) is 20.8.